The number of nitrogens with two attached hydrogens (primary N) is 1. The minimum Gasteiger partial charge on any atom is -0.481 e. The molecule has 31 heavy (non-hydrogen) atoms. The van der Waals surface area contributed by atoms with Gasteiger partial charge in [0.25, 0.3) is 0 Å². The fourth-order valence-electron chi connectivity index (χ4n) is 3.74. The third-order valence-corrected chi connectivity index (χ3v) is 5.43. The van der Waals surface area contributed by atoms with E-state index in [1.807, 2.05) is 18.2 Å². The summed E-state index contributed by atoms with van der Waals surface area (Å²) in [5.74, 6) is 1.74. The van der Waals surface area contributed by atoms with Crippen LogP contribution in [-0.2, 0) is 0 Å². The van der Waals surface area contributed by atoms with E-state index in [2.05, 4.69) is 19.9 Å². The first-order valence-electron chi connectivity index (χ1n) is 10.3. The van der Waals surface area contributed by atoms with Crippen LogP contribution in [0, 0.1) is 5.41 Å². The second-order valence-corrected chi connectivity index (χ2v) is 7.39. The highest BCUT2D eigenvalue weighted by Gasteiger charge is 2.17. The topological polar surface area (TPSA) is 110 Å². The average molecular weight is 419 g/mol. The van der Waals surface area contributed by atoms with Gasteiger partial charge < -0.3 is 20.1 Å². The van der Waals surface area contributed by atoms with E-state index in [0.717, 1.165) is 24.5 Å². The lowest BCUT2D eigenvalue weighted by molar-refractivity contribution is 0.366. The molecule has 4 rings (SSSR count). The third kappa shape index (κ3) is 4.28. The van der Waals surface area contributed by atoms with Gasteiger partial charge in [-0.2, -0.15) is 4.98 Å². The lowest BCUT2D eigenvalue weighted by Gasteiger charge is -2.28. The number of aromatic nitrogens is 3. The Balaban J connectivity index is 1.69. The Morgan fingerprint density at radius 1 is 1.03 bits per heavy atom. The van der Waals surface area contributed by atoms with Gasteiger partial charge in [0.05, 0.1) is 43.1 Å². The highest BCUT2D eigenvalue weighted by Crippen LogP contribution is 2.31. The van der Waals surface area contributed by atoms with Gasteiger partial charge in [0.15, 0.2) is 0 Å². The molecular weight excluding hydrogens is 392 g/mol. The van der Waals surface area contributed by atoms with Crippen molar-refractivity contribution in [1.82, 2.24) is 15.0 Å². The van der Waals surface area contributed by atoms with Gasteiger partial charge in [-0.1, -0.05) is 0 Å². The summed E-state index contributed by atoms with van der Waals surface area (Å²) < 4.78 is 10.6. The van der Waals surface area contributed by atoms with E-state index in [9.17, 15) is 0 Å². The number of hydrogen-bond acceptors (Lipinski definition) is 8. The molecule has 1 fully saturated rings. The molecule has 0 atom stereocenters. The molecule has 0 aromatic carbocycles. The van der Waals surface area contributed by atoms with Gasteiger partial charge in [-0.25, -0.2) is 4.98 Å². The summed E-state index contributed by atoms with van der Waals surface area (Å²) in [6, 6.07) is 9.17. The first-order valence-corrected chi connectivity index (χ1v) is 10.3. The normalized spacial score (nSPS) is 13.7. The zero-order valence-electron chi connectivity index (χ0n) is 17.8. The van der Waals surface area contributed by atoms with Gasteiger partial charge in [-0.05, 0) is 43.5 Å². The summed E-state index contributed by atoms with van der Waals surface area (Å²) in [5.41, 5.74) is 9.64. The van der Waals surface area contributed by atoms with Crippen LogP contribution >= 0.6 is 0 Å². The van der Waals surface area contributed by atoms with Crippen molar-refractivity contribution in [3.05, 3.63) is 53.9 Å². The smallest absolute Gasteiger partial charge is 0.225 e. The van der Waals surface area contributed by atoms with E-state index in [4.69, 9.17) is 20.6 Å². The molecule has 1 aliphatic heterocycles. The summed E-state index contributed by atoms with van der Waals surface area (Å²) in [7, 11) is 3.10. The molecule has 3 aromatic heterocycles. The van der Waals surface area contributed by atoms with Crippen molar-refractivity contribution in [3.63, 3.8) is 0 Å². The van der Waals surface area contributed by atoms with Crippen molar-refractivity contribution in [2.75, 3.05) is 37.9 Å². The molecule has 0 bridgehead atoms. The number of hydrogen-bond donors (Lipinski definition) is 2. The van der Waals surface area contributed by atoms with Crippen molar-refractivity contribution in [3.8, 4) is 23.0 Å². The Bertz CT molecular complexity index is 1100. The molecule has 3 N–H and O–H groups in total. The lowest BCUT2D eigenvalue weighted by atomic mass is 10.00. The Kier molecular flexibility index (Phi) is 5.97. The summed E-state index contributed by atoms with van der Waals surface area (Å²) in [6.45, 7) is 1.99. The zero-order valence-corrected chi connectivity index (χ0v) is 17.8. The molecular formula is C23H26N6O2. The predicted molar refractivity (Wildman–Crippen MR) is 121 cm³/mol. The predicted octanol–water partition coefficient (Wildman–Crippen LogP) is 3.54. The summed E-state index contributed by atoms with van der Waals surface area (Å²) in [6.07, 6.45) is 6.91. The minimum atomic E-state index is 0.322. The highest BCUT2D eigenvalue weighted by molar-refractivity contribution is 6.14. The van der Waals surface area contributed by atoms with Crippen LogP contribution in [0.15, 0.2) is 42.7 Å². The number of ether oxygens (including phenoxy) is 2. The van der Waals surface area contributed by atoms with Crippen molar-refractivity contribution >= 4 is 17.2 Å². The summed E-state index contributed by atoms with van der Waals surface area (Å²) in [5, 5.41) is 8.82. The molecule has 0 amide bonds. The molecule has 160 valence electrons. The average Bonchev–Trinajstić information content (AvgIpc) is 2.84. The van der Waals surface area contributed by atoms with Gasteiger partial charge in [-0.3, -0.25) is 10.4 Å². The molecule has 1 aliphatic rings. The van der Waals surface area contributed by atoms with Crippen LogP contribution in [0.1, 0.15) is 30.4 Å². The molecule has 8 nitrogen and oxygen atoms in total. The van der Waals surface area contributed by atoms with E-state index >= 15 is 0 Å². The van der Waals surface area contributed by atoms with Crippen LogP contribution in [-0.4, -0.2) is 48.0 Å². The van der Waals surface area contributed by atoms with Crippen LogP contribution in [0.25, 0.3) is 11.3 Å². The number of methoxy groups -OCH3 is 2. The fourth-order valence-corrected chi connectivity index (χ4v) is 3.74. The maximum Gasteiger partial charge on any atom is 0.225 e. The number of pyridine rings is 3. The van der Waals surface area contributed by atoms with Gasteiger partial charge in [0.2, 0.25) is 11.8 Å². The lowest BCUT2D eigenvalue weighted by Crippen LogP contribution is -2.30. The number of rotatable bonds is 6. The first kappa shape index (κ1) is 20.6. The number of nitrogen functional groups attached to an aromatic ring is 1. The Labute approximate surface area is 181 Å². The van der Waals surface area contributed by atoms with E-state index in [1.165, 1.54) is 19.3 Å². The molecule has 0 spiro atoms. The van der Waals surface area contributed by atoms with Crippen LogP contribution in [0.3, 0.4) is 0 Å². The standard InChI is InChI=1S/C23H26N6O2/c1-30-21-7-6-16(23(28-21)31-2)19-13-17(18(24)14-27-19)22(25)15-8-9-26-20(12-15)29-10-4-3-5-11-29/h6-9,12-14,25H,3-5,10-11,24H2,1-2H3. The molecule has 0 saturated carbocycles. The Hall–Kier alpha value is -3.68. The number of nitrogens with zero attached hydrogens (tertiary/aromatic N) is 4. The van der Waals surface area contributed by atoms with Crippen molar-refractivity contribution in [1.29, 1.82) is 5.41 Å². The Morgan fingerprint density at radius 2 is 1.84 bits per heavy atom. The monoisotopic (exact) mass is 418 g/mol. The highest BCUT2D eigenvalue weighted by atomic mass is 16.5. The van der Waals surface area contributed by atoms with Gasteiger partial charge in [-0.15, -0.1) is 0 Å². The van der Waals surface area contributed by atoms with E-state index in [0.29, 0.717) is 40.0 Å². The summed E-state index contributed by atoms with van der Waals surface area (Å²) >= 11 is 0. The first-order chi connectivity index (χ1) is 15.1. The quantitative estimate of drug-likeness (QED) is 0.589. The number of anilines is 2. The molecule has 0 unspecified atom stereocenters. The number of nitrogens with one attached hydrogen (secondary N) is 1. The van der Waals surface area contributed by atoms with Crippen LogP contribution < -0.4 is 20.1 Å². The van der Waals surface area contributed by atoms with E-state index in [1.54, 1.807) is 38.7 Å². The molecule has 0 radical (unpaired) electrons. The fraction of sp³-hybridized carbons (Fsp3) is 0.304. The van der Waals surface area contributed by atoms with Crippen molar-refractivity contribution in [2.24, 2.45) is 0 Å². The van der Waals surface area contributed by atoms with Crippen LogP contribution in [0.5, 0.6) is 11.8 Å². The van der Waals surface area contributed by atoms with E-state index in [-0.39, 0.29) is 0 Å². The van der Waals surface area contributed by atoms with Crippen LogP contribution in [0.2, 0.25) is 0 Å². The Morgan fingerprint density at radius 3 is 2.58 bits per heavy atom. The molecule has 3 aromatic rings. The largest absolute Gasteiger partial charge is 0.481 e. The maximum atomic E-state index is 8.82. The number of piperidine rings is 1. The van der Waals surface area contributed by atoms with Crippen molar-refractivity contribution in [2.45, 2.75) is 19.3 Å². The molecule has 4 heterocycles. The third-order valence-electron chi connectivity index (χ3n) is 5.43. The van der Waals surface area contributed by atoms with Crippen molar-refractivity contribution < 1.29 is 9.47 Å². The molecule has 8 heteroatoms. The van der Waals surface area contributed by atoms with Gasteiger partial charge in [0, 0.05) is 36.5 Å². The van der Waals surface area contributed by atoms with Gasteiger partial charge >= 0.3 is 0 Å². The molecule has 1 saturated heterocycles. The maximum absolute atomic E-state index is 8.82. The second kappa shape index (κ2) is 8.99. The SMILES string of the molecule is COc1ccc(-c2cc(C(=N)c3ccnc(N4CCCCC4)c3)c(N)cn2)c(OC)n1. The van der Waals surface area contributed by atoms with Crippen LogP contribution in [0.4, 0.5) is 11.5 Å². The van der Waals surface area contributed by atoms with Gasteiger partial charge in [0.1, 0.15) is 5.82 Å². The minimum absolute atomic E-state index is 0.322. The second-order valence-electron chi connectivity index (χ2n) is 7.39. The van der Waals surface area contributed by atoms with E-state index < -0.39 is 0 Å². The molecule has 0 aliphatic carbocycles. The summed E-state index contributed by atoms with van der Waals surface area (Å²) in [4.78, 5) is 15.5. The zero-order chi connectivity index (χ0) is 21.8.